The number of fused-ring (bicyclic) bond motifs is 2. The van der Waals surface area contributed by atoms with Crippen molar-refractivity contribution < 1.29 is 4.42 Å². The highest BCUT2D eigenvalue weighted by atomic mass is 32.2. The molecule has 0 bridgehead atoms. The zero-order chi connectivity index (χ0) is 13.4. The first-order chi connectivity index (χ1) is 9.88. The van der Waals surface area contributed by atoms with Crippen LogP contribution < -0.4 is 0 Å². The van der Waals surface area contributed by atoms with Gasteiger partial charge in [-0.2, -0.15) is 0 Å². The normalized spacial score (nSPS) is 11.4. The minimum Gasteiger partial charge on any atom is -0.431 e. The zero-order valence-electron chi connectivity index (χ0n) is 10.4. The summed E-state index contributed by atoms with van der Waals surface area (Å²) in [6.45, 7) is 0. The maximum Gasteiger partial charge on any atom is 0.257 e. The van der Waals surface area contributed by atoms with Crippen LogP contribution in [0.5, 0.6) is 0 Å². The fourth-order valence-electron chi connectivity index (χ4n) is 2.00. The van der Waals surface area contributed by atoms with Crippen molar-refractivity contribution in [2.24, 2.45) is 0 Å². The van der Waals surface area contributed by atoms with Crippen molar-refractivity contribution in [2.45, 2.75) is 11.0 Å². The lowest BCUT2D eigenvalue weighted by atomic mass is 10.3. The summed E-state index contributed by atoms with van der Waals surface area (Å²) in [6, 6.07) is 9.63. The summed E-state index contributed by atoms with van der Waals surface area (Å²) < 4.78 is 7.57. The number of aromatic nitrogens is 4. The molecule has 0 saturated heterocycles. The number of benzene rings is 1. The summed E-state index contributed by atoms with van der Waals surface area (Å²) in [5.74, 6) is 1.41. The molecule has 3 heterocycles. The van der Waals surface area contributed by atoms with Gasteiger partial charge in [0.1, 0.15) is 5.52 Å². The topological polar surface area (TPSA) is 56.2 Å². The maximum absolute atomic E-state index is 5.67. The van der Waals surface area contributed by atoms with Gasteiger partial charge in [-0.15, -0.1) is 0 Å². The molecule has 4 rings (SSSR count). The molecule has 1 aromatic carbocycles. The van der Waals surface area contributed by atoms with Gasteiger partial charge in [-0.25, -0.2) is 15.0 Å². The largest absolute Gasteiger partial charge is 0.431 e. The first-order valence-electron chi connectivity index (χ1n) is 6.15. The zero-order valence-corrected chi connectivity index (χ0v) is 11.2. The summed E-state index contributed by atoms with van der Waals surface area (Å²) in [6.07, 6.45) is 5.64. The van der Waals surface area contributed by atoms with Gasteiger partial charge in [0.2, 0.25) is 5.78 Å². The highest BCUT2D eigenvalue weighted by Gasteiger charge is 2.08. The fraction of sp³-hybridized carbons (Fsp3) is 0.0714. The van der Waals surface area contributed by atoms with Gasteiger partial charge >= 0.3 is 0 Å². The van der Waals surface area contributed by atoms with Gasteiger partial charge in [-0.1, -0.05) is 23.9 Å². The van der Waals surface area contributed by atoms with Crippen LogP contribution in [0.15, 0.2) is 58.6 Å². The molecule has 0 N–H and O–H groups in total. The van der Waals surface area contributed by atoms with Crippen LogP contribution in [-0.2, 0) is 5.75 Å². The van der Waals surface area contributed by atoms with E-state index in [0.29, 0.717) is 16.8 Å². The van der Waals surface area contributed by atoms with Gasteiger partial charge in [0.15, 0.2) is 5.58 Å². The SMILES string of the molecule is c1ccc2oc(SCc3cn4cccnc4n3)nc2c1. The minimum atomic E-state index is 0.663. The first-order valence-corrected chi connectivity index (χ1v) is 7.14. The molecule has 6 heteroatoms. The molecule has 5 nitrogen and oxygen atoms in total. The lowest BCUT2D eigenvalue weighted by molar-refractivity contribution is 0.489. The molecule has 0 saturated carbocycles. The van der Waals surface area contributed by atoms with E-state index in [4.69, 9.17) is 4.42 Å². The van der Waals surface area contributed by atoms with E-state index in [-0.39, 0.29) is 0 Å². The number of oxazole rings is 1. The van der Waals surface area contributed by atoms with Crippen molar-refractivity contribution >= 4 is 28.6 Å². The molecule has 20 heavy (non-hydrogen) atoms. The molecule has 0 aliphatic carbocycles. The minimum absolute atomic E-state index is 0.663. The third-order valence-corrected chi connectivity index (χ3v) is 3.76. The number of imidazole rings is 1. The van der Waals surface area contributed by atoms with Crippen molar-refractivity contribution in [1.82, 2.24) is 19.4 Å². The third-order valence-electron chi connectivity index (χ3n) is 2.90. The molecule has 0 amide bonds. The van der Waals surface area contributed by atoms with Crippen molar-refractivity contribution in [3.05, 3.63) is 54.6 Å². The van der Waals surface area contributed by atoms with Gasteiger partial charge in [0.25, 0.3) is 5.22 Å². The molecule has 0 unspecified atom stereocenters. The Labute approximate surface area is 118 Å². The fourth-order valence-corrected chi connectivity index (χ4v) is 2.72. The monoisotopic (exact) mass is 282 g/mol. The van der Waals surface area contributed by atoms with E-state index in [1.165, 1.54) is 11.8 Å². The van der Waals surface area contributed by atoms with Crippen LogP contribution in [0, 0.1) is 0 Å². The second kappa shape index (κ2) is 4.64. The van der Waals surface area contributed by atoms with Crippen LogP contribution in [0.2, 0.25) is 0 Å². The number of hydrogen-bond acceptors (Lipinski definition) is 5. The molecule has 98 valence electrons. The van der Waals surface area contributed by atoms with Crippen molar-refractivity contribution in [3.8, 4) is 0 Å². The quantitative estimate of drug-likeness (QED) is 0.540. The number of nitrogens with zero attached hydrogens (tertiary/aromatic N) is 4. The van der Waals surface area contributed by atoms with E-state index in [1.54, 1.807) is 6.20 Å². The molecule has 0 atom stereocenters. The Balaban J connectivity index is 1.57. The van der Waals surface area contributed by atoms with Crippen LogP contribution in [0.25, 0.3) is 16.9 Å². The average molecular weight is 282 g/mol. The van der Waals surface area contributed by atoms with Gasteiger partial charge in [-0.05, 0) is 18.2 Å². The van der Waals surface area contributed by atoms with Crippen molar-refractivity contribution in [2.75, 3.05) is 0 Å². The summed E-state index contributed by atoms with van der Waals surface area (Å²) >= 11 is 1.53. The molecule has 0 aliphatic heterocycles. The predicted octanol–water partition coefficient (Wildman–Crippen LogP) is 3.16. The third kappa shape index (κ3) is 2.04. The summed E-state index contributed by atoms with van der Waals surface area (Å²) in [5.41, 5.74) is 2.65. The molecule has 3 aromatic heterocycles. The molecule has 0 fully saturated rings. The van der Waals surface area contributed by atoms with Crippen LogP contribution >= 0.6 is 11.8 Å². The van der Waals surface area contributed by atoms with Crippen molar-refractivity contribution in [3.63, 3.8) is 0 Å². The van der Waals surface area contributed by atoms with E-state index in [2.05, 4.69) is 15.0 Å². The molecule has 0 spiro atoms. The van der Waals surface area contributed by atoms with Gasteiger partial charge < -0.3 is 4.42 Å². The molecular weight excluding hydrogens is 272 g/mol. The number of thioether (sulfide) groups is 1. The van der Waals surface area contributed by atoms with Gasteiger partial charge in [0.05, 0.1) is 5.69 Å². The standard InChI is InChI=1S/C14H10N4OS/c1-2-5-12-11(4-1)17-14(19-12)20-9-10-8-18-7-3-6-15-13(18)16-10/h1-8H,9H2. The van der Waals surface area contributed by atoms with E-state index >= 15 is 0 Å². The lowest BCUT2D eigenvalue weighted by Crippen LogP contribution is -1.83. The van der Waals surface area contributed by atoms with E-state index < -0.39 is 0 Å². The number of para-hydroxylation sites is 2. The molecule has 4 aromatic rings. The van der Waals surface area contributed by atoms with Crippen LogP contribution in [0.1, 0.15) is 5.69 Å². The van der Waals surface area contributed by atoms with E-state index in [0.717, 1.165) is 16.8 Å². The number of rotatable bonds is 3. The maximum atomic E-state index is 5.67. The molecule has 0 radical (unpaired) electrons. The smallest absolute Gasteiger partial charge is 0.257 e. The predicted molar refractivity (Wildman–Crippen MR) is 76.6 cm³/mol. The van der Waals surface area contributed by atoms with E-state index in [1.807, 2.05) is 47.1 Å². The molecular formula is C14H10N4OS. The molecule has 0 aliphatic rings. The Hall–Kier alpha value is -2.34. The van der Waals surface area contributed by atoms with Crippen LogP contribution in [-0.4, -0.2) is 19.4 Å². The summed E-state index contributed by atoms with van der Waals surface area (Å²) in [5, 5.41) is 0.663. The van der Waals surface area contributed by atoms with Gasteiger partial charge in [-0.3, -0.25) is 4.40 Å². The first kappa shape index (κ1) is 11.5. The van der Waals surface area contributed by atoms with Crippen LogP contribution in [0.3, 0.4) is 0 Å². The summed E-state index contributed by atoms with van der Waals surface area (Å²) in [7, 11) is 0. The lowest BCUT2D eigenvalue weighted by Gasteiger charge is -1.90. The Kier molecular flexibility index (Phi) is 2.67. The highest BCUT2D eigenvalue weighted by molar-refractivity contribution is 7.98. The Morgan fingerprint density at radius 3 is 3.00 bits per heavy atom. The number of hydrogen-bond donors (Lipinski definition) is 0. The Morgan fingerprint density at radius 1 is 1.15 bits per heavy atom. The highest BCUT2D eigenvalue weighted by Crippen LogP contribution is 2.25. The average Bonchev–Trinajstić information content (AvgIpc) is 3.07. The van der Waals surface area contributed by atoms with Crippen LogP contribution in [0.4, 0.5) is 0 Å². The van der Waals surface area contributed by atoms with Gasteiger partial charge in [0, 0.05) is 24.3 Å². The van der Waals surface area contributed by atoms with E-state index in [9.17, 15) is 0 Å². The second-order valence-corrected chi connectivity index (χ2v) is 5.22. The Morgan fingerprint density at radius 2 is 2.10 bits per heavy atom. The van der Waals surface area contributed by atoms with Crippen molar-refractivity contribution in [1.29, 1.82) is 0 Å². The Bertz CT molecular complexity index is 743. The second-order valence-electron chi connectivity index (χ2n) is 4.30. The summed E-state index contributed by atoms with van der Waals surface area (Å²) in [4.78, 5) is 13.1.